The van der Waals surface area contributed by atoms with Gasteiger partial charge in [-0.1, -0.05) is 40.7 Å². The molecule has 0 heterocycles. The van der Waals surface area contributed by atoms with Gasteiger partial charge in [-0.05, 0) is 26.0 Å². The zero-order chi connectivity index (χ0) is 12.3. The summed E-state index contributed by atoms with van der Waals surface area (Å²) in [6.07, 6.45) is 5.37. The number of hydrogen-bond acceptors (Lipinski definition) is 1. The van der Waals surface area contributed by atoms with Crippen molar-refractivity contribution >= 4 is 34.8 Å². The molecule has 0 fully saturated rings. The summed E-state index contributed by atoms with van der Waals surface area (Å²) in [4.78, 5) is 0. The van der Waals surface area contributed by atoms with Crippen molar-refractivity contribution in [3.63, 3.8) is 0 Å². The predicted octanol–water partition coefficient (Wildman–Crippen LogP) is 4.15. The molecule has 1 aromatic carbocycles. The van der Waals surface area contributed by atoms with Crippen LogP contribution in [0.5, 0.6) is 0 Å². The van der Waals surface area contributed by atoms with Crippen LogP contribution in [0.4, 0.5) is 0 Å². The lowest BCUT2D eigenvalue weighted by Crippen LogP contribution is -2.37. The third kappa shape index (κ3) is 3.30. The van der Waals surface area contributed by atoms with Gasteiger partial charge in [-0.25, -0.2) is 0 Å². The van der Waals surface area contributed by atoms with E-state index in [9.17, 15) is 0 Å². The van der Waals surface area contributed by atoms with Crippen LogP contribution in [-0.4, -0.2) is 5.54 Å². The molecule has 1 rings (SSSR count). The molecular weight excluding hydrogens is 264 g/mol. The van der Waals surface area contributed by atoms with E-state index in [-0.39, 0.29) is 0 Å². The molecule has 1 N–H and O–H groups in total. The summed E-state index contributed by atoms with van der Waals surface area (Å²) in [6.45, 7) is 4.29. The first-order chi connectivity index (χ1) is 7.37. The molecular formula is C12H12Cl3N. The van der Waals surface area contributed by atoms with Crippen LogP contribution >= 0.6 is 34.8 Å². The zero-order valence-electron chi connectivity index (χ0n) is 9.07. The average Bonchev–Trinajstić information content (AvgIpc) is 2.24. The SMILES string of the molecule is C#CC(C)(C)NCc1c(Cl)ccc(Cl)c1Cl. The molecule has 0 atom stereocenters. The van der Waals surface area contributed by atoms with Gasteiger partial charge in [-0.2, -0.15) is 0 Å². The van der Waals surface area contributed by atoms with Crippen molar-refractivity contribution in [2.24, 2.45) is 0 Å². The van der Waals surface area contributed by atoms with Crippen LogP contribution in [0.2, 0.25) is 15.1 Å². The second-order valence-corrected chi connectivity index (χ2v) is 5.14. The molecule has 4 heteroatoms. The summed E-state index contributed by atoms with van der Waals surface area (Å²) < 4.78 is 0. The van der Waals surface area contributed by atoms with Gasteiger partial charge < -0.3 is 0 Å². The second kappa shape index (κ2) is 5.29. The van der Waals surface area contributed by atoms with E-state index in [1.54, 1.807) is 12.1 Å². The molecule has 0 unspecified atom stereocenters. The van der Waals surface area contributed by atoms with Crippen LogP contribution in [0.1, 0.15) is 19.4 Å². The van der Waals surface area contributed by atoms with E-state index >= 15 is 0 Å². The fraction of sp³-hybridized carbons (Fsp3) is 0.333. The second-order valence-electron chi connectivity index (χ2n) is 3.94. The monoisotopic (exact) mass is 275 g/mol. The molecule has 1 aromatic rings. The summed E-state index contributed by atoms with van der Waals surface area (Å²) >= 11 is 18.0. The summed E-state index contributed by atoms with van der Waals surface area (Å²) in [5.74, 6) is 2.63. The van der Waals surface area contributed by atoms with Crippen LogP contribution in [0.25, 0.3) is 0 Å². The fourth-order valence-electron chi connectivity index (χ4n) is 1.09. The van der Waals surface area contributed by atoms with Crippen molar-refractivity contribution in [3.8, 4) is 12.3 Å². The highest BCUT2D eigenvalue weighted by atomic mass is 35.5. The third-order valence-electron chi connectivity index (χ3n) is 2.21. The van der Waals surface area contributed by atoms with Gasteiger partial charge in [0.15, 0.2) is 0 Å². The highest BCUT2D eigenvalue weighted by Crippen LogP contribution is 2.31. The highest BCUT2D eigenvalue weighted by molar-refractivity contribution is 6.44. The van der Waals surface area contributed by atoms with Crippen LogP contribution in [0, 0.1) is 12.3 Å². The molecule has 0 saturated heterocycles. The minimum absolute atomic E-state index is 0.408. The largest absolute Gasteiger partial charge is 0.297 e. The van der Waals surface area contributed by atoms with E-state index in [0.29, 0.717) is 21.6 Å². The Bertz CT molecular complexity index is 433. The molecule has 0 aliphatic heterocycles. The topological polar surface area (TPSA) is 12.0 Å². The van der Waals surface area contributed by atoms with Crippen molar-refractivity contribution in [1.82, 2.24) is 5.32 Å². The minimum Gasteiger partial charge on any atom is -0.297 e. The first-order valence-electron chi connectivity index (χ1n) is 4.72. The van der Waals surface area contributed by atoms with E-state index in [1.807, 2.05) is 13.8 Å². The fourth-order valence-corrected chi connectivity index (χ4v) is 1.77. The van der Waals surface area contributed by atoms with Crippen molar-refractivity contribution < 1.29 is 0 Å². The molecule has 0 radical (unpaired) electrons. The van der Waals surface area contributed by atoms with E-state index in [1.165, 1.54) is 0 Å². The van der Waals surface area contributed by atoms with Crippen LogP contribution in [0.15, 0.2) is 12.1 Å². The van der Waals surface area contributed by atoms with E-state index in [2.05, 4.69) is 11.2 Å². The van der Waals surface area contributed by atoms with Crippen molar-refractivity contribution in [3.05, 3.63) is 32.8 Å². The van der Waals surface area contributed by atoms with Crippen LogP contribution in [0.3, 0.4) is 0 Å². The van der Waals surface area contributed by atoms with Gasteiger partial charge in [0.05, 0.1) is 15.6 Å². The molecule has 0 spiro atoms. The third-order valence-corrected chi connectivity index (χ3v) is 3.40. The van der Waals surface area contributed by atoms with Gasteiger partial charge in [0.1, 0.15) is 0 Å². The summed E-state index contributed by atoms with van der Waals surface area (Å²) in [6, 6.07) is 3.39. The molecule has 1 nitrogen and oxygen atoms in total. The quantitative estimate of drug-likeness (QED) is 0.646. The molecule has 16 heavy (non-hydrogen) atoms. The summed E-state index contributed by atoms with van der Waals surface area (Å²) in [5.41, 5.74) is 0.355. The number of halogens is 3. The number of nitrogens with one attached hydrogen (secondary N) is 1. The Morgan fingerprint density at radius 3 is 2.38 bits per heavy atom. The molecule has 0 aliphatic rings. The van der Waals surface area contributed by atoms with E-state index in [0.717, 1.165) is 5.56 Å². The average molecular weight is 277 g/mol. The normalized spacial score (nSPS) is 11.2. The van der Waals surface area contributed by atoms with Gasteiger partial charge in [0.25, 0.3) is 0 Å². The Balaban J connectivity index is 2.91. The Kier molecular flexibility index (Phi) is 4.52. The molecule has 0 saturated carbocycles. The Morgan fingerprint density at radius 1 is 1.25 bits per heavy atom. The summed E-state index contributed by atoms with van der Waals surface area (Å²) in [7, 11) is 0. The van der Waals surface area contributed by atoms with Gasteiger partial charge in [0.2, 0.25) is 0 Å². The molecule has 0 bridgehead atoms. The van der Waals surface area contributed by atoms with Crippen LogP contribution in [-0.2, 0) is 6.54 Å². The van der Waals surface area contributed by atoms with Gasteiger partial charge in [-0.3, -0.25) is 5.32 Å². The lowest BCUT2D eigenvalue weighted by Gasteiger charge is -2.20. The maximum atomic E-state index is 6.06. The predicted molar refractivity (Wildman–Crippen MR) is 71.2 cm³/mol. The standard InChI is InChI=1S/C12H12Cl3N/c1-4-12(2,3)16-7-8-9(13)5-6-10(14)11(8)15/h1,5-6,16H,7H2,2-3H3. The van der Waals surface area contributed by atoms with Gasteiger partial charge >= 0.3 is 0 Å². The van der Waals surface area contributed by atoms with Crippen molar-refractivity contribution in [2.75, 3.05) is 0 Å². The minimum atomic E-state index is -0.408. The van der Waals surface area contributed by atoms with E-state index in [4.69, 9.17) is 41.2 Å². The highest BCUT2D eigenvalue weighted by Gasteiger charge is 2.15. The maximum Gasteiger partial charge on any atom is 0.0743 e. The lowest BCUT2D eigenvalue weighted by atomic mass is 10.1. The van der Waals surface area contributed by atoms with Gasteiger partial charge in [-0.15, -0.1) is 6.42 Å². The molecule has 0 amide bonds. The molecule has 86 valence electrons. The Morgan fingerprint density at radius 2 is 1.81 bits per heavy atom. The number of rotatable bonds is 3. The zero-order valence-corrected chi connectivity index (χ0v) is 11.3. The Hall–Kier alpha value is -0.390. The van der Waals surface area contributed by atoms with Crippen molar-refractivity contribution in [2.45, 2.75) is 25.9 Å². The molecule has 0 aliphatic carbocycles. The Labute approximate surface area is 111 Å². The maximum absolute atomic E-state index is 6.06. The number of terminal acetylenes is 1. The van der Waals surface area contributed by atoms with Crippen molar-refractivity contribution in [1.29, 1.82) is 0 Å². The van der Waals surface area contributed by atoms with Crippen LogP contribution < -0.4 is 5.32 Å². The first kappa shape index (κ1) is 13.7. The first-order valence-corrected chi connectivity index (χ1v) is 5.86. The lowest BCUT2D eigenvalue weighted by molar-refractivity contribution is 0.491. The van der Waals surface area contributed by atoms with E-state index < -0.39 is 5.54 Å². The summed E-state index contributed by atoms with van der Waals surface area (Å²) in [5, 5.41) is 4.70. The molecule has 0 aromatic heterocycles. The number of benzene rings is 1. The smallest absolute Gasteiger partial charge is 0.0743 e. The number of hydrogen-bond donors (Lipinski definition) is 1. The van der Waals surface area contributed by atoms with Gasteiger partial charge in [0, 0.05) is 17.1 Å².